The van der Waals surface area contributed by atoms with Crippen molar-refractivity contribution in [2.24, 2.45) is 0 Å². The van der Waals surface area contributed by atoms with E-state index >= 15 is 0 Å². The standard InChI is InChI=1S/C18H19N3O3S2/c1-3-11-9-12-16(26-11)20-18(25)21(17(12)23)10-15(22)19-13-7-5-6-8-14(13)24-4-2/h5-9H,3-4,10H2,1-2H3,(H,19,22)(H,20,25). The highest BCUT2D eigenvalue weighted by molar-refractivity contribution is 7.71. The fourth-order valence-corrected chi connectivity index (χ4v) is 3.90. The number of rotatable bonds is 6. The van der Waals surface area contributed by atoms with Gasteiger partial charge in [-0.15, -0.1) is 11.3 Å². The van der Waals surface area contributed by atoms with E-state index in [0.29, 0.717) is 23.4 Å². The smallest absolute Gasteiger partial charge is 0.263 e. The molecule has 0 saturated carbocycles. The first-order chi connectivity index (χ1) is 12.5. The molecule has 0 fully saturated rings. The molecule has 3 rings (SSSR count). The molecule has 136 valence electrons. The fraction of sp³-hybridized carbons (Fsp3) is 0.278. The van der Waals surface area contributed by atoms with Crippen LogP contribution in [0.5, 0.6) is 5.75 Å². The molecule has 0 aliphatic carbocycles. The largest absolute Gasteiger partial charge is 0.492 e. The summed E-state index contributed by atoms with van der Waals surface area (Å²) in [7, 11) is 0. The highest BCUT2D eigenvalue weighted by atomic mass is 32.1. The van der Waals surface area contributed by atoms with E-state index in [1.807, 2.05) is 26.0 Å². The van der Waals surface area contributed by atoms with E-state index in [-0.39, 0.29) is 22.8 Å². The molecule has 3 aromatic rings. The van der Waals surface area contributed by atoms with Crippen molar-refractivity contribution in [1.82, 2.24) is 9.55 Å². The van der Waals surface area contributed by atoms with Crippen LogP contribution in [0.2, 0.25) is 0 Å². The SMILES string of the molecule is CCOc1ccccc1NC(=O)Cn1c(=S)[nH]c2sc(CC)cc2c1=O. The molecule has 0 spiro atoms. The number of para-hydroxylation sites is 2. The average Bonchev–Trinajstić information content (AvgIpc) is 3.04. The van der Waals surface area contributed by atoms with Crippen molar-refractivity contribution in [2.45, 2.75) is 26.8 Å². The van der Waals surface area contributed by atoms with Crippen LogP contribution in [0.1, 0.15) is 18.7 Å². The molecule has 2 heterocycles. The number of nitrogens with zero attached hydrogens (tertiary/aromatic N) is 1. The maximum absolute atomic E-state index is 12.7. The number of ether oxygens (including phenoxy) is 1. The van der Waals surface area contributed by atoms with Crippen LogP contribution in [0.25, 0.3) is 10.2 Å². The lowest BCUT2D eigenvalue weighted by Gasteiger charge is -2.12. The number of aromatic amines is 1. The summed E-state index contributed by atoms with van der Waals surface area (Å²) in [5.41, 5.74) is 0.306. The summed E-state index contributed by atoms with van der Waals surface area (Å²) >= 11 is 6.78. The Hall–Kier alpha value is -2.45. The van der Waals surface area contributed by atoms with Gasteiger partial charge in [-0.3, -0.25) is 14.2 Å². The summed E-state index contributed by atoms with van der Waals surface area (Å²) in [5, 5.41) is 3.34. The third-order valence-electron chi connectivity index (χ3n) is 3.84. The molecule has 1 amide bonds. The van der Waals surface area contributed by atoms with Gasteiger partial charge in [0.1, 0.15) is 17.1 Å². The number of fused-ring (bicyclic) bond motifs is 1. The number of amides is 1. The molecule has 0 aliphatic rings. The Labute approximate surface area is 159 Å². The molecule has 0 bridgehead atoms. The maximum Gasteiger partial charge on any atom is 0.263 e. The Balaban J connectivity index is 1.88. The van der Waals surface area contributed by atoms with Gasteiger partial charge in [-0.05, 0) is 43.8 Å². The van der Waals surface area contributed by atoms with Crippen molar-refractivity contribution in [3.05, 3.63) is 50.3 Å². The van der Waals surface area contributed by atoms with Crippen LogP contribution < -0.4 is 15.6 Å². The van der Waals surface area contributed by atoms with Gasteiger partial charge in [0.05, 0.1) is 17.7 Å². The van der Waals surface area contributed by atoms with Crippen molar-refractivity contribution >= 4 is 45.4 Å². The number of H-pyrrole nitrogens is 1. The second-order valence-electron chi connectivity index (χ2n) is 5.61. The fourth-order valence-electron chi connectivity index (χ4n) is 2.60. The van der Waals surface area contributed by atoms with Crippen LogP contribution >= 0.6 is 23.6 Å². The van der Waals surface area contributed by atoms with E-state index in [1.54, 1.807) is 18.2 Å². The minimum atomic E-state index is -0.343. The molecular formula is C18H19N3O3S2. The van der Waals surface area contributed by atoms with Crippen molar-refractivity contribution in [1.29, 1.82) is 0 Å². The van der Waals surface area contributed by atoms with Crippen molar-refractivity contribution in [2.75, 3.05) is 11.9 Å². The van der Waals surface area contributed by atoms with Crippen molar-refractivity contribution in [3.8, 4) is 5.75 Å². The van der Waals surface area contributed by atoms with Crippen molar-refractivity contribution in [3.63, 3.8) is 0 Å². The number of hydrogen-bond donors (Lipinski definition) is 2. The lowest BCUT2D eigenvalue weighted by Crippen LogP contribution is -2.28. The number of nitrogens with one attached hydrogen (secondary N) is 2. The molecular weight excluding hydrogens is 370 g/mol. The number of benzene rings is 1. The van der Waals surface area contributed by atoms with Gasteiger partial charge >= 0.3 is 0 Å². The first-order valence-electron chi connectivity index (χ1n) is 8.30. The average molecular weight is 390 g/mol. The number of anilines is 1. The first kappa shape index (κ1) is 18.3. The van der Waals surface area contributed by atoms with E-state index in [1.165, 1.54) is 15.9 Å². The molecule has 0 aliphatic heterocycles. The van der Waals surface area contributed by atoms with Gasteiger partial charge < -0.3 is 15.0 Å². The van der Waals surface area contributed by atoms with Gasteiger partial charge in [-0.1, -0.05) is 19.1 Å². The van der Waals surface area contributed by atoms with Gasteiger partial charge in [0.15, 0.2) is 4.77 Å². The van der Waals surface area contributed by atoms with Crippen LogP contribution in [0.3, 0.4) is 0 Å². The van der Waals surface area contributed by atoms with Crippen LogP contribution in [0.4, 0.5) is 5.69 Å². The van der Waals surface area contributed by atoms with Crippen LogP contribution in [0.15, 0.2) is 35.1 Å². The minimum absolute atomic E-state index is 0.165. The Morgan fingerprint density at radius 3 is 2.85 bits per heavy atom. The molecule has 6 nitrogen and oxygen atoms in total. The van der Waals surface area contributed by atoms with Crippen LogP contribution in [0, 0.1) is 4.77 Å². The summed E-state index contributed by atoms with van der Waals surface area (Å²) in [5.74, 6) is 0.241. The van der Waals surface area contributed by atoms with Gasteiger partial charge in [0.2, 0.25) is 5.91 Å². The van der Waals surface area contributed by atoms with Crippen molar-refractivity contribution < 1.29 is 9.53 Å². The number of aromatic nitrogens is 2. The summed E-state index contributed by atoms with van der Waals surface area (Å²) in [6.45, 7) is 4.23. The molecule has 26 heavy (non-hydrogen) atoms. The van der Waals surface area contributed by atoms with Gasteiger partial charge in [-0.2, -0.15) is 0 Å². The van der Waals surface area contributed by atoms with Crippen LogP contribution in [-0.2, 0) is 17.8 Å². The quantitative estimate of drug-likeness (QED) is 0.630. The Kier molecular flexibility index (Phi) is 5.53. The minimum Gasteiger partial charge on any atom is -0.492 e. The molecule has 0 radical (unpaired) electrons. The van der Waals surface area contributed by atoms with Gasteiger partial charge in [0, 0.05) is 4.88 Å². The molecule has 2 N–H and O–H groups in total. The highest BCUT2D eigenvalue weighted by Gasteiger charge is 2.13. The third-order valence-corrected chi connectivity index (χ3v) is 5.35. The molecule has 8 heteroatoms. The Bertz CT molecular complexity index is 1070. The second kappa shape index (κ2) is 7.84. The lowest BCUT2D eigenvalue weighted by atomic mass is 10.3. The topological polar surface area (TPSA) is 76.1 Å². The van der Waals surface area contributed by atoms with E-state index < -0.39 is 0 Å². The first-order valence-corrected chi connectivity index (χ1v) is 9.53. The number of carbonyl (C=O) groups excluding carboxylic acids is 1. The molecule has 0 unspecified atom stereocenters. The molecule has 0 atom stereocenters. The second-order valence-corrected chi connectivity index (χ2v) is 7.13. The van der Waals surface area contributed by atoms with Crippen LogP contribution in [-0.4, -0.2) is 22.1 Å². The van der Waals surface area contributed by atoms with Gasteiger partial charge in [-0.25, -0.2) is 0 Å². The van der Waals surface area contributed by atoms with E-state index in [0.717, 1.165) is 16.1 Å². The Morgan fingerprint density at radius 1 is 1.35 bits per heavy atom. The maximum atomic E-state index is 12.7. The molecule has 0 saturated heterocycles. The number of hydrogen-bond acceptors (Lipinski definition) is 5. The van der Waals surface area contributed by atoms with E-state index in [9.17, 15) is 9.59 Å². The number of thiophene rings is 1. The highest BCUT2D eigenvalue weighted by Crippen LogP contribution is 2.24. The predicted octanol–water partition coefficient (Wildman–Crippen LogP) is 3.72. The summed E-state index contributed by atoms with van der Waals surface area (Å²) in [6.07, 6.45) is 0.841. The molecule has 1 aromatic carbocycles. The summed E-state index contributed by atoms with van der Waals surface area (Å²) < 4.78 is 7.02. The summed E-state index contributed by atoms with van der Waals surface area (Å²) in [4.78, 5) is 30.1. The van der Waals surface area contributed by atoms with E-state index in [2.05, 4.69) is 10.3 Å². The van der Waals surface area contributed by atoms with Gasteiger partial charge in [0.25, 0.3) is 5.56 Å². The zero-order chi connectivity index (χ0) is 18.7. The predicted molar refractivity (Wildman–Crippen MR) is 107 cm³/mol. The van der Waals surface area contributed by atoms with E-state index in [4.69, 9.17) is 17.0 Å². The monoisotopic (exact) mass is 389 g/mol. The lowest BCUT2D eigenvalue weighted by molar-refractivity contribution is -0.116. The number of carbonyl (C=O) groups is 1. The summed E-state index contributed by atoms with van der Waals surface area (Å²) in [6, 6.07) is 9.02. The normalized spacial score (nSPS) is 10.8. The Morgan fingerprint density at radius 2 is 2.12 bits per heavy atom. The third kappa shape index (κ3) is 3.71. The zero-order valence-corrected chi connectivity index (χ0v) is 16.1. The zero-order valence-electron chi connectivity index (χ0n) is 14.5. The molecule has 2 aromatic heterocycles. The number of aryl methyl sites for hydroxylation is 1.